The molecule has 20 heavy (non-hydrogen) atoms. The van der Waals surface area contributed by atoms with Crippen molar-refractivity contribution in [3.8, 4) is 6.07 Å². The molecule has 2 aromatic carbocycles. The molecule has 0 saturated heterocycles. The smallest absolute Gasteiger partial charge is 0.100 e. The summed E-state index contributed by atoms with van der Waals surface area (Å²) in [5, 5.41) is 14.5. The van der Waals surface area contributed by atoms with Gasteiger partial charge in [-0.05, 0) is 46.3 Å². The molecule has 0 aliphatic rings. The van der Waals surface area contributed by atoms with E-state index < -0.39 is 0 Å². The van der Waals surface area contributed by atoms with Gasteiger partial charge in [0, 0.05) is 39.0 Å². The van der Waals surface area contributed by atoms with Crippen molar-refractivity contribution in [2.75, 3.05) is 5.32 Å². The molecule has 3 nitrogen and oxygen atoms in total. The number of halogens is 1. The van der Waals surface area contributed by atoms with Crippen LogP contribution >= 0.6 is 15.9 Å². The monoisotopic (exact) mass is 323 g/mol. The average molecular weight is 324 g/mol. The quantitative estimate of drug-likeness (QED) is 0.749. The van der Waals surface area contributed by atoms with E-state index in [1.165, 1.54) is 0 Å². The first kappa shape index (κ1) is 12.6. The molecule has 0 fully saturated rings. The van der Waals surface area contributed by atoms with E-state index in [-0.39, 0.29) is 0 Å². The molecular formula is C16H10BrN3. The number of aromatic nitrogens is 1. The lowest BCUT2D eigenvalue weighted by Crippen LogP contribution is -1.92. The second-order valence-electron chi connectivity index (χ2n) is 4.33. The standard InChI is InChI=1S/C16H10BrN3/c17-15-8-13(5-4-11(15)9-18)20-16-3-1-2-12-10-19-7-6-14(12)16/h1-8,10,20H. The zero-order valence-electron chi connectivity index (χ0n) is 10.5. The van der Waals surface area contributed by atoms with Gasteiger partial charge in [-0.3, -0.25) is 4.98 Å². The summed E-state index contributed by atoms with van der Waals surface area (Å²) in [6.07, 6.45) is 3.62. The normalized spacial score (nSPS) is 10.2. The van der Waals surface area contributed by atoms with Crippen LogP contribution in [0.25, 0.3) is 10.8 Å². The largest absolute Gasteiger partial charge is 0.355 e. The fourth-order valence-electron chi connectivity index (χ4n) is 2.07. The highest BCUT2D eigenvalue weighted by Crippen LogP contribution is 2.28. The summed E-state index contributed by atoms with van der Waals surface area (Å²) < 4.78 is 0.784. The number of nitrogens with zero attached hydrogens (tertiary/aromatic N) is 2. The van der Waals surface area contributed by atoms with E-state index in [0.29, 0.717) is 5.56 Å². The Morgan fingerprint density at radius 1 is 1.15 bits per heavy atom. The molecule has 0 spiro atoms. The van der Waals surface area contributed by atoms with Gasteiger partial charge < -0.3 is 5.32 Å². The van der Waals surface area contributed by atoms with E-state index in [0.717, 1.165) is 26.6 Å². The van der Waals surface area contributed by atoms with Gasteiger partial charge >= 0.3 is 0 Å². The molecule has 0 unspecified atom stereocenters. The second kappa shape index (κ2) is 5.32. The Morgan fingerprint density at radius 2 is 2.05 bits per heavy atom. The van der Waals surface area contributed by atoms with E-state index in [1.807, 2.05) is 42.6 Å². The Hall–Kier alpha value is -2.38. The molecule has 0 bridgehead atoms. The van der Waals surface area contributed by atoms with E-state index in [2.05, 4.69) is 32.3 Å². The lowest BCUT2D eigenvalue weighted by atomic mass is 10.1. The number of hydrogen-bond acceptors (Lipinski definition) is 3. The first-order valence-corrected chi connectivity index (χ1v) is 6.86. The number of nitrogens with one attached hydrogen (secondary N) is 1. The van der Waals surface area contributed by atoms with E-state index >= 15 is 0 Å². The van der Waals surface area contributed by atoms with Gasteiger partial charge in [0.15, 0.2) is 0 Å². The molecule has 1 heterocycles. The van der Waals surface area contributed by atoms with Crippen molar-refractivity contribution in [1.82, 2.24) is 4.98 Å². The highest BCUT2D eigenvalue weighted by Gasteiger charge is 2.03. The topological polar surface area (TPSA) is 48.7 Å². The van der Waals surface area contributed by atoms with E-state index in [4.69, 9.17) is 5.26 Å². The molecule has 3 rings (SSSR count). The molecule has 0 aliphatic heterocycles. The number of anilines is 2. The first-order valence-electron chi connectivity index (χ1n) is 6.07. The van der Waals surface area contributed by atoms with Gasteiger partial charge in [-0.15, -0.1) is 0 Å². The maximum Gasteiger partial charge on any atom is 0.100 e. The molecule has 0 atom stereocenters. The Morgan fingerprint density at radius 3 is 2.85 bits per heavy atom. The molecule has 1 N–H and O–H groups in total. The summed E-state index contributed by atoms with van der Waals surface area (Å²) in [6, 6.07) is 15.7. The Bertz CT molecular complexity index is 816. The van der Waals surface area contributed by atoms with Crippen LogP contribution in [0.3, 0.4) is 0 Å². The fourth-order valence-corrected chi connectivity index (χ4v) is 2.54. The minimum absolute atomic E-state index is 0.623. The maximum atomic E-state index is 8.93. The molecular weight excluding hydrogens is 314 g/mol. The van der Waals surface area contributed by atoms with Crippen molar-refractivity contribution in [3.63, 3.8) is 0 Å². The summed E-state index contributed by atoms with van der Waals surface area (Å²) in [7, 11) is 0. The van der Waals surface area contributed by atoms with E-state index in [9.17, 15) is 0 Å². The number of nitriles is 1. The molecule has 0 radical (unpaired) electrons. The van der Waals surface area contributed by atoms with Crippen LogP contribution in [-0.2, 0) is 0 Å². The van der Waals surface area contributed by atoms with Crippen LogP contribution in [0.4, 0.5) is 11.4 Å². The summed E-state index contributed by atoms with van der Waals surface area (Å²) in [4.78, 5) is 4.13. The van der Waals surface area contributed by atoms with Crippen molar-refractivity contribution < 1.29 is 0 Å². The van der Waals surface area contributed by atoms with Gasteiger partial charge in [0.25, 0.3) is 0 Å². The molecule has 0 aliphatic carbocycles. The third-order valence-electron chi connectivity index (χ3n) is 3.05. The predicted molar refractivity (Wildman–Crippen MR) is 83.9 cm³/mol. The minimum Gasteiger partial charge on any atom is -0.355 e. The second-order valence-corrected chi connectivity index (χ2v) is 5.19. The lowest BCUT2D eigenvalue weighted by Gasteiger charge is -2.10. The minimum atomic E-state index is 0.623. The van der Waals surface area contributed by atoms with Crippen molar-refractivity contribution in [1.29, 1.82) is 5.26 Å². The van der Waals surface area contributed by atoms with Crippen molar-refractivity contribution in [2.45, 2.75) is 0 Å². The van der Waals surface area contributed by atoms with Crippen LogP contribution in [-0.4, -0.2) is 4.98 Å². The summed E-state index contributed by atoms with van der Waals surface area (Å²) in [5.41, 5.74) is 2.57. The molecule has 4 heteroatoms. The van der Waals surface area contributed by atoms with Gasteiger partial charge in [0.05, 0.1) is 5.56 Å². The van der Waals surface area contributed by atoms with Crippen LogP contribution < -0.4 is 5.32 Å². The van der Waals surface area contributed by atoms with Crippen LogP contribution in [0.15, 0.2) is 59.3 Å². The fraction of sp³-hybridized carbons (Fsp3) is 0. The average Bonchev–Trinajstić information content (AvgIpc) is 2.48. The number of hydrogen-bond donors (Lipinski definition) is 1. The lowest BCUT2D eigenvalue weighted by molar-refractivity contribution is 1.36. The molecule has 96 valence electrons. The summed E-state index contributed by atoms with van der Waals surface area (Å²) >= 11 is 3.40. The highest BCUT2D eigenvalue weighted by molar-refractivity contribution is 9.10. The Kier molecular flexibility index (Phi) is 3.36. The third kappa shape index (κ3) is 2.36. The molecule has 0 saturated carbocycles. The van der Waals surface area contributed by atoms with Gasteiger partial charge in [0.2, 0.25) is 0 Å². The van der Waals surface area contributed by atoms with Crippen LogP contribution in [0, 0.1) is 11.3 Å². The Labute approximate surface area is 125 Å². The third-order valence-corrected chi connectivity index (χ3v) is 3.71. The van der Waals surface area contributed by atoms with Crippen molar-refractivity contribution >= 4 is 38.1 Å². The summed E-state index contributed by atoms with van der Waals surface area (Å²) in [6.45, 7) is 0. The molecule has 3 aromatic rings. The zero-order chi connectivity index (χ0) is 13.9. The number of fused-ring (bicyclic) bond motifs is 1. The van der Waals surface area contributed by atoms with Crippen molar-refractivity contribution in [3.05, 3.63) is 64.9 Å². The maximum absolute atomic E-state index is 8.93. The first-order chi connectivity index (χ1) is 9.78. The number of benzene rings is 2. The highest BCUT2D eigenvalue weighted by atomic mass is 79.9. The predicted octanol–water partition coefficient (Wildman–Crippen LogP) is 4.61. The number of pyridine rings is 1. The van der Waals surface area contributed by atoms with E-state index in [1.54, 1.807) is 12.3 Å². The van der Waals surface area contributed by atoms with Crippen LogP contribution in [0.2, 0.25) is 0 Å². The Balaban J connectivity index is 2.02. The number of rotatable bonds is 2. The molecule has 0 amide bonds. The van der Waals surface area contributed by atoms with Crippen LogP contribution in [0.1, 0.15) is 5.56 Å². The SMILES string of the molecule is N#Cc1ccc(Nc2cccc3cnccc23)cc1Br. The summed E-state index contributed by atoms with van der Waals surface area (Å²) in [5.74, 6) is 0. The van der Waals surface area contributed by atoms with Gasteiger partial charge in [-0.1, -0.05) is 12.1 Å². The molecule has 1 aromatic heterocycles. The van der Waals surface area contributed by atoms with Crippen molar-refractivity contribution in [2.24, 2.45) is 0 Å². The van der Waals surface area contributed by atoms with Crippen LogP contribution in [0.5, 0.6) is 0 Å². The van der Waals surface area contributed by atoms with Gasteiger partial charge in [-0.25, -0.2) is 0 Å². The van der Waals surface area contributed by atoms with Gasteiger partial charge in [0.1, 0.15) is 6.07 Å². The van der Waals surface area contributed by atoms with Gasteiger partial charge in [-0.2, -0.15) is 5.26 Å². The zero-order valence-corrected chi connectivity index (χ0v) is 12.1.